The number of hydrogen-bond donors (Lipinski definition) is 2. The Balaban J connectivity index is 2.84. The normalized spacial score (nSPS) is 11.9. The highest BCUT2D eigenvalue weighted by Gasteiger charge is 2.19. The lowest BCUT2D eigenvalue weighted by Gasteiger charge is -2.16. The van der Waals surface area contributed by atoms with Crippen molar-refractivity contribution in [2.45, 2.75) is 25.9 Å². The average molecular weight is 268 g/mol. The van der Waals surface area contributed by atoms with Gasteiger partial charge >= 0.3 is 11.9 Å². The van der Waals surface area contributed by atoms with E-state index in [-0.39, 0.29) is 12.8 Å². The summed E-state index contributed by atoms with van der Waals surface area (Å²) in [6, 6.07) is 7.29. The lowest BCUT2D eigenvalue weighted by molar-refractivity contribution is -0.152. The molecule has 0 aliphatic rings. The zero-order chi connectivity index (χ0) is 13.5. The molecule has 1 aromatic carbocycles. The van der Waals surface area contributed by atoms with Crippen LogP contribution in [0.5, 0.6) is 0 Å². The highest BCUT2D eigenvalue weighted by Crippen LogP contribution is 2.23. The van der Waals surface area contributed by atoms with Crippen LogP contribution in [-0.2, 0) is 14.3 Å². The molecule has 1 N–H and O–H groups in total. The minimum absolute atomic E-state index is 0.172. The first-order valence-corrected chi connectivity index (χ1v) is 6.25. The Labute approximate surface area is 111 Å². The number of carboxylic acids is 1. The molecule has 0 aliphatic carbocycles. The molecule has 1 atom stereocenters. The molecule has 18 heavy (non-hydrogen) atoms. The van der Waals surface area contributed by atoms with Gasteiger partial charge in [-0.1, -0.05) is 29.8 Å². The number of carbonyl (C=O) groups excluding carboxylic acids is 1. The van der Waals surface area contributed by atoms with E-state index in [0.29, 0.717) is 11.3 Å². The van der Waals surface area contributed by atoms with E-state index in [9.17, 15) is 9.59 Å². The van der Waals surface area contributed by atoms with Crippen molar-refractivity contribution in [1.82, 2.24) is 0 Å². The average Bonchev–Trinajstić information content (AvgIpc) is 2.28. The van der Waals surface area contributed by atoms with Gasteiger partial charge in [0.15, 0.2) is 0 Å². The third-order valence-electron chi connectivity index (χ3n) is 2.36. The van der Waals surface area contributed by atoms with Crippen LogP contribution in [0.1, 0.15) is 30.1 Å². The molecule has 0 aromatic heterocycles. The fraction of sp³-hybridized carbons (Fsp3) is 0.385. The molecule has 0 saturated carbocycles. The van der Waals surface area contributed by atoms with Gasteiger partial charge in [-0.15, -0.1) is 0 Å². The van der Waals surface area contributed by atoms with E-state index in [1.807, 2.05) is 25.1 Å². The van der Waals surface area contributed by atoms with Crippen LogP contribution in [0, 0.1) is 6.92 Å². The van der Waals surface area contributed by atoms with E-state index in [1.165, 1.54) is 0 Å². The molecule has 1 rings (SSSR count). The maximum absolute atomic E-state index is 11.4. The summed E-state index contributed by atoms with van der Waals surface area (Å²) in [7, 11) is 0. The van der Waals surface area contributed by atoms with E-state index in [2.05, 4.69) is 12.6 Å². The molecule has 0 spiro atoms. The number of esters is 1. The van der Waals surface area contributed by atoms with Crippen LogP contribution in [0.15, 0.2) is 24.3 Å². The second-order valence-electron chi connectivity index (χ2n) is 3.96. The van der Waals surface area contributed by atoms with Gasteiger partial charge in [-0.25, -0.2) is 0 Å². The van der Waals surface area contributed by atoms with Crippen LogP contribution in [0.3, 0.4) is 0 Å². The highest BCUT2D eigenvalue weighted by atomic mass is 32.1. The van der Waals surface area contributed by atoms with Crippen molar-refractivity contribution in [3.05, 3.63) is 35.4 Å². The summed E-state index contributed by atoms with van der Waals surface area (Å²) in [6.45, 7) is 1.90. The summed E-state index contributed by atoms with van der Waals surface area (Å²) in [5.41, 5.74) is 1.69. The SMILES string of the molecule is Cc1cccc(C(CC(=O)O)OC(=O)CCS)c1. The number of rotatable bonds is 6. The standard InChI is InChI=1S/C13H16O4S/c1-9-3-2-4-10(7-9)11(8-12(14)15)17-13(16)5-6-18/h2-4,7,11,18H,5-6,8H2,1H3,(H,14,15). The second kappa shape index (κ2) is 7.06. The molecule has 0 radical (unpaired) electrons. The number of thiol groups is 1. The smallest absolute Gasteiger partial charge is 0.307 e. The summed E-state index contributed by atoms with van der Waals surface area (Å²) in [4.78, 5) is 22.2. The number of aliphatic carboxylic acids is 1. The van der Waals surface area contributed by atoms with Crippen molar-refractivity contribution in [3.63, 3.8) is 0 Å². The molecule has 4 nitrogen and oxygen atoms in total. The van der Waals surface area contributed by atoms with Crippen molar-refractivity contribution in [2.24, 2.45) is 0 Å². The Morgan fingerprint density at radius 1 is 1.44 bits per heavy atom. The van der Waals surface area contributed by atoms with Gasteiger partial charge in [0.05, 0.1) is 12.8 Å². The van der Waals surface area contributed by atoms with Crippen molar-refractivity contribution in [3.8, 4) is 0 Å². The molecule has 0 fully saturated rings. The fourth-order valence-corrected chi connectivity index (χ4v) is 1.75. The Morgan fingerprint density at radius 2 is 2.17 bits per heavy atom. The van der Waals surface area contributed by atoms with Gasteiger partial charge in [0, 0.05) is 5.75 Å². The van der Waals surface area contributed by atoms with Crippen molar-refractivity contribution in [2.75, 3.05) is 5.75 Å². The highest BCUT2D eigenvalue weighted by molar-refractivity contribution is 7.80. The minimum Gasteiger partial charge on any atom is -0.481 e. The summed E-state index contributed by atoms with van der Waals surface area (Å²) in [5, 5.41) is 8.85. The second-order valence-corrected chi connectivity index (χ2v) is 4.41. The van der Waals surface area contributed by atoms with E-state index in [0.717, 1.165) is 5.56 Å². The van der Waals surface area contributed by atoms with Crippen molar-refractivity contribution >= 4 is 24.6 Å². The first-order valence-electron chi connectivity index (χ1n) is 5.61. The Bertz CT molecular complexity index is 431. The number of carbonyl (C=O) groups is 2. The largest absolute Gasteiger partial charge is 0.481 e. The number of benzene rings is 1. The number of hydrogen-bond acceptors (Lipinski definition) is 4. The molecule has 5 heteroatoms. The van der Waals surface area contributed by atoms with Gasteiger partial charge in [-0.3, -0.25) is 9.59 Å². The topological polar surface area (TPSA) is 63.6 Å². The third kappa shape index (κ3) is 4.79. The zero-order valence-corrected chi connectivity index (χ0v) is 11.0. The monoisotopic (exact) mass is 268 g/mol. The molecule has 1 aromatic rings. The molecule has 0 amide bonds. The van der Waals surface area contributed by atoms with Gasteiger partial charge in [0.25, 0.3) is 0 Å². The van der Waals surface area contributed by atoms with Gasteiger partial charge in [-0.2, -0.15) is 12.6 Å². The van der Waals surface area contributed by atoms with Crippen LogP contribution in [0.25, 0.3) is 0 Å². The molecule has 0 heterocycles. The van der Waals surface area contributed by atoms with E-state index >= 15 is 0 Å². The predicted octanol–water partition coefficient (Wildman–Crippen LogP) is 2.37. The maximum Gasteiger partial charge on any atom is 0.307 e. The third-order valence-corrected chi connectivity index (χ3v) is 2.59. The van der Waals surface area contributed by atoms with Crippen LogP contribution in [0.2, 0.25) is 0 Å². The van der Waals surface area contributed by atoms with Gasteiger partial charge < -0.3 is 9.84 Å². The molecule has 0 bridgehead atoms. The van der Waals surface area contributed by atoms with Crippen LogP contribution in [0.4, 0.5) is 0 Å². The van der Waals surface area contributed by atoms with Gasteiger partial charge in [-0.05, 0) is 12.5 Å². The lowest BCUT2D eigenvalue weighted by Crippen LogP contribution is -2.15. The van der Waals surface area contributed by atoms with E-state index in [4.69, 9.17) is 9.84 Å². The summed E-state index contributed by atoms with van der Waals surface area (Å²) in [5.74, 6) is -1.05. The van der Waals surface area contributed by atoms with Crippen molar-refractivity contribution in [1.29, 1.82) is 0 Å². The molecule has 0 saturated heterocycles. The molecule has 98 valence electrons. The Kier molecular flexibility index (Phi) is 5.71. The first kappa shape index (κ1) is 14.6. The van der Waals surface area contributed by atoms with E-state index < -0.39 is 18.0 Å². The number of carboxylic acid groups (broad SMARTS) is 1. The van der Waals surface area contributed by atoms with Crippen LogP contribution >= 0.6 is 12.6 Å². The van der Waals surface area contributed by atoms with Crippen LogP contribution < -0.4 is 0 Å². The quantitative estimate of drug-likeness (QED) is 0.614. The fourth-order valence-electron chi connectivity index (χ4n) is 1.57. The van der Waals surface area contributed by atoms with Gasteiger partial charge in [0.1, 0.15) is 6.10 Å². The summed E-state index contributed by atoms with van der Waals surface area (Å²) in [6.07, 6.45) is -0.804. The molecule has 1 unspecified atom stereocenters. The molecule has 0 aliphatic heterocycles. The lowest BCUT2D eigenvalue weighted by atomic mass is 10.0. The Morgan fingerprint density at radius 3 is 2.72 bits per heavy atom. The minimum atomic E-state index is -1.000. The number of aryl methyl sites for hydroxylation is 1. The Hall–Kier alpha value is -1.49. The summed E-state index contributed by atoms with van der Waals surface area (Å²) < 4.78 is 5.17. The molecular formula is C13H16O4S. The zero-order valence-electron chi connectivity index (χ0n) is 10.1. The van der Waals surface area contributed by atoms with Crippen molar-refractivity contribution < 1.29 is 19.4 Å². The summed E-state index contributed by atoms with van der Waals surface area (Å²) >= 11 is 3.94. The maximum atomic E-state index is 11.4. The predicted molar refractivity (Wildman–Crippen MR) is 70.7 cm³/mol. The first-order chi connectivity index (χ1) is 8.52. The van der Waals surface area contributed by atoms with Gasteiger partial charge in [0.2, 0.25) is 0 Å². The molecular weight excluding hydrogens is 252 g/mol. The van der Waals surface area contributed by atoms with Crippen LogP contribution in [-0.4, -0.2) is 22.8 Å². The number of ether oxygens (including phenoxy) is 1. The van der Waals surface area contributed by atoms with E-state index in [1.54, 1.807) is 6.07 Å².